The van der Waals surface area contributed by atoms with Gasteiger partial charge in [-0.25, -0.2) is 0 Å². The van der Waals surface area contributed by atoms with Crippen molar-refractivity contribution in [3.63, 3.8) is 0 Å². The molecule has 0 N–H and O–H groups in total. The van der Waals surface area contributed by atoms with Crippen molar-refractivity contribution in [2.75, 3.05) is 0 Å². The number of hydrogen-bond acceptors (Lipinski definition) is 4. The fraction of sp³-hybridized carbons (Fsp3) is 0.333. The van der Waals surface area contributed by atoms with Crippen molar-refractivity contribution in [3.8, 4) is 0 Å². The molecule has 2 fully saturated rings. The van der Waals surface area contributed by atoms with Crippen LogP contribution in [0.5, 0.6) is 0 Å². The third kappa shape index (κ3) is 1.28. The number of carbonyl (C=O) groups excluding carboxylic acids is 4. The van der Waals surface area contributed by atoms with E-state index in [1.807, 2.05) is 0 Å². The predicted molar refractivity (Wildman–Crippen MR) is 66.1 cm³/mol. The number of Topliss-reactive ketones (excluding diaryl/α,β-unsaturated/α-hetero) is 3. The molecule has 2 saturated carbocycles. The predicted octanol–water partition coefficient (Wildman–Crippen LogP) is 0.971. The van der Waals surface area contributed by atoms with Crippen LogP contribution in [0.1, 0.15) is 13.3 Å². The molecule has 0 bridgehead atoms. The van der Waals surface area contributed by atoms with E-state index in [9.17, 15) is 19.2 Å². The molecule has 19 heavy (non-hydrogen) atoms. The first-order valence-electron chi connectivity index (χ1n) is 6.12. The van der Waals surface area contributed by atoms with Crippen LogP contribution >= 0.6 is 0 Å². The Hall–Kier alpha value is -2.10. The molecule has 96 valence electrons. The highest BCUT2D eigenvalue weighted by Gasteiger charge is 2.75. The fourth-order valence-electron chi connectivity index (χ4n) is 3.38. The summed E-state index contributed by atoms with van der Waals surface area (Å²) in [6.07, 6.45) is 4.25. The van der Waals surface area contributed by atoms with Crippen molar-refractivity contribution in [2.45, 2.75) is 13.3 Å². The van der Waals surface area contributed by atoms with Crippen molar-refractivity contribution in [1.82, 2.24) is 0 Å². The summed E-state index contributed by atoms with van der Waals surface area (Å²) in [5.74, 6) is -1.45. The highest BCUT2D eigenvalue weighted by Crippen LogP contribution is 2.68. The third-order valence-electron chi connectivity index (χ3n) is 4.33. The number of hydrogen-bond donors (Lipinski definition) is 0. The highest BCUT2D eigenvalue weighted by atomic mass is 16.2. The molecule has 3 rings (SSSR count). The first kappa shape index (κ1) is 12.0. The third-order valence-corrected chi connectivity index (χ3v) is 4.33. The zero-order valence-corrected chi connectivity index (χ0v) is 10.4. The maximum absolute atomic E-state index is 12.0. The first-order chi connectivity index (χ1) is 8.93. The van der Waals surface area contributed by atoms with Gasteiger partial charge in [0, 0.05) is 23.0 Å². The molecule has 0 aromatic rings. The van der Waals surface area contributed by atoms with Crippen LogP contribution in [0.4, 0.5) is 0 Å². The van der Waals surface area contributed by atoms with Gasteiger partial charge in [0.05, 0.1) is 11.8 Å². The molecule has 0 saturated heterocycles. The lowest BCUT2D eigenvalue weighted by molar-refractivity contribution is -0.125. The summed E-state index contributed by atoms with van der Waals surface area (Å²) in [6, 6.07) is 0. The highest BCUT2D eigenvalue weighted by molar-refractivity contribution is 6.21. The Balaban J connectivity index is 2.13. The molecular weight excluding hydrogens is 244 g/mol. The smallest absolute Gasteiger partial charge is 0.185 e. The van der Waals surface area contributed by atoms with Crippen LogP contribution in [0, 0.1) is 17.3 Å². The van der Waals surface area contributed by atoms with Gasteiger partial charge in [-0.15, -0.1) is 0 Å². The van der Waals surface area contributed by atoms with E-state index in [4.69, 9.17) is 0 Å². The van der Waals surface area contributed by atoms with Crippen LogP contribution in [0.25, 0.3) is 0 Å². The van der Waals surface area contributed by atoms with Crippen LogP contribution < -0.4 is 0 Å². The van der Waals surface area contributed by atoms with Crippen LogP contribution in [0.3, 0.4) is 0 Å². The van der Waals surface area contributed by atoms with Gasteiger partial charge in [-0.05, 0) is 13.0 Å². The zero-order chi connectivity index (χ0) is 13.9. The number of rotatable bonds is 3. The second-order valence-electron chi connectivity index (χ2n) is 5.27. The van der Waals surface area contributed by atoms with Gasteiger partial charge in [0.15, 0.2) is 17.3 Å². The van der Waals surface area contributed by atoms with E-state index in [0.717, 1.165) is 6.08 Å². The maximum Gasteiger partial charge on any atom is 0.185 e. The lowest BCUT2D eigenvalue weighted by atomic mass is 9.84. The average molecular weight is 256 g/mol. The minimum atomic E-state index is -0.830. The lowest BCUT2D eigenvalue weighted by Crippen LogP contribution is -2.21. The van der Waals surface area contributed by atoms with Crippen molar-refractivity contribution >= 4 is 23.1 Å². The zero-order valence-electron chi connectivity index (χ0n) is 10.4. The largest absolute Gasteiger partial charge is 0.299 e. The monoisotopic (exact) mass is 256 g/mol. The molecule has 3 atom stereocenters. The minimum absolute atomic E-state index is 0.0541. The molecular formula is C15H12O4. The number of allylic oxidation sites excluding steroid dienone is 5. The quantitative estimate of drug-likeness (QED) is 0.557. The lowest BCUT2D eigenvalue weighted by Gasteiger charge is -2.17. The number of fused-ring (bicyclic) bond motifs is 1. The average Bonchev–Trinajstić information content (AvgIpc) is 2.98. The van der Waals surface area contributed by atoms with Gasteiger partial charge >= 0.3 is 0 Å². The molecule has 0 heterocycles. The van der Waals surface area contributed by atoms with Gasteiger partial charge in [-0.3, -0.25) is 19.2 Å². The standard InChI is InChI=1S/C15H12O4/c1-3-11(17)8-4-10-14-12(18)5-13(19)15(10,14)6-9(8)7(2)16/h3-4,6,10,14H,1,5H2,2H3/t10-,14?,15?/m0/s1. The Labute approximate surface area is 109 Å². The molecule has 4 heteroatoms. The van der Waals surface area contributed by atoms with Crippen LogP contribution in [-0.2, 0) is 19.2 Å². The normalized spacial score (nSPS) is 35.0. The Morgan fingerprint density at radius 3 is 2.63 bits per heavy atom. The van der Waals surface area contributed by atoms with E-state index in [0.29, 0.717) is 0 Å². The first-order valence-corrected chi connectivity index (χ1v) is 6.12. The van der Waals surface area contributed by atoms with E-state index in [2.05, 4.69) is 6.58 Å². The molecule has 3 aliphatic carbocycles. The summed E-state index contributed by atoms with van der Waals surface area (Å²) in [4.78, 5) is 47.2. The van der Waals surface area contributed by atoms with Crippen LogP contribution in [0.15, 0.2) is 36.0 Å². The van der Waals surface area contributed by atoms with Crippen molar-refractivity contribution in [3.05, 3.63) is 36.0 Å². The molecule has 1 spiro atoms. The SMILES string of the molecule is C=CC(=O)C1=C[C@H]2C3C(=O)CC(=O)C32C=C1C(C)=O. The topological polar surface area (TPSA) is 68.3 Å². The van der Waals surface area contributed by atoms with Gasteiger partial charge in [-0.1, -0.05) is 18.7 Å². The summed E-state index contributed by atoms with van der Waals surface area (Å²) in [5.41, 5.74) is -0.317. The Morgan fingerprint density at radius 2 is 2.05 bits per heavy atom. The van der Waals surface area contributed by atoms with Crippen molar-refractivity contribution in [2.24, 2.45) is 17.3 Å². The molecule has 2 unspecified atom stereocenters. The molecule has 0 aromatic carbocycles. The summed E-state index contributed by atoms with van der Waals surface area (Å²) >= 11 is 0. The Bertz CT molecular complexity index is 635. The molecule has 0 aliphatic heterocycles. The number of ketones is 4. The van der Waals surface area contributed by atoms with E-state index >= 15 is 0 Å². The van der Waals surface area contributed by atoms with Crippen LogP contribution in [-0.4, -0.2) is 23.1 Å². The molecule has 0 aromatic heterocycles. The maximum atomic E-state index is 12.0. The molecule has 3 aliphatic rings. The van der Waals surface area contributed by atoms with Gasteiger partial charge < -0.3 is 0 Å². The van der Waals surface area contributed by atoms with Gasteiger partial charge in [0.1, 0.15) is 5.78 Å². The van der Waals surface area contributed by atoms with Gasteiger partial charge in [0.2, 0.25) is 0 Å². The molecule has 0 amide bonds. The van der Waals surface area contributed by atoms with E-state index < -0.39 is 5.41 Å². The van der Waals surface area contributed by atoms with E-state index in [1.54, 1.807) is 12.2 Å². The van der Waals surface area contributed by atoms with Crippen molar-refractivity contribution < 1.29 is 19.2 Å². The van der Waals surface area contributed by atoms with Crippen LogP contribution in [0.2, 0.25) is 0 Å². The fourth-order valence-corrected chi connectivity index (χ4v) is 3.38. The molecule has 4 nitrogen and oxygen atoms in total. The summed E-state index contributed by atoms with van der Waals surface area (Å²) in [6.45, 7) is 4.76. The minimum Gasteiger partial charge on any atom is -0.299 e. The van der Waals surface area contributed by atoms with Gasteiger partial charge in [0.25, 0.3) is 0 Å². The summed E-state index contributed by atoms with van der Waals surface area (Å²) in [5, 5.41) is 0. The summed E-state index contributed by atoms with van der Waals surface area (Å²) < 4.78 is 0. The van der Waals surface area contributed by atoms with Crippen molar-refractivity contribution in [1.29, 1.82) is 0 Å². The van der Waals surface area contributed by atoms with E-state index in [1.165, 1.54) is 6.92 Å². The summed E-state index contributed by atoms with van der Waals surface area (Å²) in [7, 11) is 0. The number of carbonyl (C=O) groups is 4. The second kappa shape index (κ2) is 3.47. The molecule has 0 radical (unpaired) electrons. The van der Waals surface area contributed by atoms with E-state index in [-0.39, 0.29) is 52.5 Å². The Kier molecular flexibility index (Phi) is 2.18. The van der Waals surface area contributed by atoms with Gasteiger partial charge in [-0.2, -0.15) is 0 Å². The second-order valence-corrected chi connectivity index (χ2v) is 5.27. The Morgan fingerprint density at radius 1 is 1.37 bits per heavy atom.